The highest BCUT2D eigenvalue weighted by Gasteiger charge is 2.10. The minimum atomic E-state index is -0.475. The average Bonchev–Trinajstić information content (AvgIpc) is 2.48. The molecule has 0 bridgehead atoms. The normalized spacial score (nSPS) is 10.1. The standard InChI is InChI=1S/C15H13BrN2O4/c1-10-8-13(18(20)21)6-7-14(10)22-9-15(19)17-12-4-2-11(16)3-5-12/h2-8H,9H2,1H3,(H,17,19). The van der Waals surface area contributed by atoms with Gasteiger partial charge in [0.2, 0.25) is 0 Å². The van der Waals surface area contributed by atoms with Crippen molar-refractivity contribution in [2.75, 3.05) is 11.9 Å². The largest absolute Gasteiger partial charge is 0.483 e. The minimum absolute atomic E-state index is 0.0100. The fourth-order valence-corrected chi connectivity index (χ4v) is 2.05. The number of hydrogen-bond acceptors (Lipinski definition) is 4. The number of carbonyl (C=O) groups excluding carboxylic acids is 1. The zero-order valence-electron chi connectivity index (χ0n) is 11.7. The number of anilines is 1. The first-order valence-corrected chi connectivity index (χ1v) is 7.18. The predicted molar refractivity (Wildman–Crippen MR) is 86.1 cm³/mol. The molecule has 0 fully saturated rings. The molecule has 2 aromatic carbocycles. The van der Waals surface area contributed by atoms with Crippen LogP contribution in [0.1, 0.15) is 5.56 Å². The van der Waals surface area contributed by atoms with Crippen molar-refractivity contribution < 1.29 is 14.5 Å². The summed E-state index contributed by atoms with van der Waals surface area (Å²) in [7, 11) is 0. The van der Waals surface area contributed by atoms with Gasteiger partial charge in [-0.2, -0.15) is 0 Å². The molecule has 0 unspecified atom stereocenters. The molecule has 114 valence electrons. The van der Waals surface area contributed by atoms with Crippen LogP contribution in [0.15, 0.2) is 46.9 Å². The van der Waals surface area contributed by atoms with Crippen molar-refractivity contribution in [2.45, 2.75) is 6.92 Å². The number of nitrogens with one attached hydrogen (secondary N) is 1. The molecular weight excluding hydrogens is 352 g/mol. The third-order valence-corrected chi connectivity index (χ3v) is 3.38. The summed E-state index contributed by atoms with van der Waals surface area (Å²) < 4.78 is 6.31. The van der Waals surface area contributed by atoms with Crippen molar-refractivity contribution >= 4 is 33.2 Å². The quantitative estimate of drug-likeness (QED) is 0.647. The maximum absolute atomic E-state index is 11.8. The van der Waals surface area contributed by atoms with Crippen LogP contribution in [0, 0.1) is 17.0 Å². The number of non-ortho nitro benzene ring substituents is 1. The van der Waals surface area contributed by atoms with Crippen LogP contribution in [0.2, 0.25) is 0 Å². The van der Waals surface area contributed by atoms with Gasteiger partial charge in [0.1, 0.15) is 5.75 Å². The van der Waals surface area contributed by atoms with Crippen LogP contribution in [0.4, 0.5) is 11.4 Å². The fraction of sp³-hybridized carbons (Fsp3) is 0.133. The van der Waals surface area contributed by atoms with Crippen LogP contribution in [0.3, 0.4) is 0 Å². The Hall–Kier alpha value is -2.41. The predicted octanol–water partition coefficient (Wildman–Crippen LogP) is 3.68. The highest BCUT2D eigenvalue weighted by molar-refractivity contribution is 9.10. The number of aryl methyl sites for hydroxylation is 1. The van der Waals surface area contributed by atoms with E-state index in [2.05, 4.69) is 21.2 Å². The van der Waals surface area contributed by atoms with Gasteiger partial charge in [-0.25, -0.2) is 0 Å². The van der Waals surface area contributed by atoms with Crippen LogP contribution < -0.4 is 10.1 Å². The van der Waals surface area contributed by atoms with Crippen LogP contribution >= 0.6 is 15.9 Å². The SMILES string of the molecule is Cc1cc([N+](=O)[O-])ccc1OCC(=O)Nc1ccc(Br)cc1. The maximum Gasteiger partial charge on any atom is 0.269 e. The van der Waals surface area contributed by atoms with Crippen LogP contribution in [-0.2, 0) is 4.79 Å². The lowest BCUT2D eigenvalue weighted by atomic mass is 10.2. The molecule has 1 amide bonds. The Morgan fingerprint density at radius 1 is 1.27 bits per heavy atom. The summed E-state index contributed by atoms with van der Waals surface area (Å²) in [6.07, 6.45) is 0. The van der Waals surface area contributed by atoms with Crippen LogP contribution in [0.25, 0.3) is 0 Å². The van der Waals surface area contributed by atoms with Crippen molar-refractivity contribution in [3.63, 3.8) is 0 Å². The number of amides is 1. The third kappa shape index (κ3) is 4.29. The summed E-state index contributed by atoms with van der Waals surface area (Å²) in [5.41, 5.74) is 1.26. The maximum atomic E-state index is 11.8. The molecule has 0 spiro atoms. The van der Waals surface area contributed by atoms with E-state index in [0.29, 0.717) is 17.0 Å². The zero-order chi connectivity index (χ0) is 16.1. The van der Waals surface area contributed by atoms with Gasteiger partial charge in [-0.05, 0) is 42.8 Å². The Morgan fingerprint density at radius 3 is 2.55 bits per heavy atom. The monoisotopic (exact) mass is 364 g/mol. The van der Waals surface area contributed by atoms with Crippen molar-refractivity contribution in [1.29, 1.82) is 0 Å². The molecule has 22 heavy (non-hydrogen) atoms. The van der Waals surface area contributed by atoms with Gasteiger partial charge in [0.05, 0.1) is 4.92 Å². The number of nitro groups is 1. The highest BCUT2D eigenvalue weighted by atomic mass is 79.9. The molecule has 0 heterocycles. The van der Waals surface area contributed by atoms with Gasteiger partial charge < -0.3 is 10.1 Å². The van der Waals surface area contributed by atoms with Crippen molar-refractivity contribution in [3.05, 3.63) is 62.6 Å². The summed E-state index contributed by atoms with van der Waals surface area (Å²) in [5, 5.41) is 13.4. The lowest BCUT2D eigenvalue weighted by Crippen LogP contribution is -2.20. The van der Waals surface area contributed by atoms with E-state index < -0.39 is 4.92 Å². The molecular formula is C15H13BrN2O4. The van der Waals surface area contributed by atoms with E-state index in [9.17, 15) is 14.9 Å². The summed E-state index contributed by atoms with van der Waals surface area (Å²) in [4.78, 5) is 22.0. The molecule has 7 heteroatoms. The van der Waals surface area contributed by atoms with Gasteiger partial charge in [-0.3, -0.25) is 14.9 Å². The number of rotatable bonds is 5. The molecule has 2 aromatic rings. The number of nitrogens with zero attached hydrogens (tertiary/aromatic N) is 1. The highest BCUT2D eigenvalue weighted by Crippen LogP contribution is 2.23. The third-order valence-electron chi connectivity index (χ3n) is 2.86. The Kier molecular flexibility index (Phi) is 5.11. The number of hydrogen-bond donors (Lipinski definition) is 1. The van der Waals surface area contributed by atoms with Gasteiger partial charge in [0.15, 0.2) is 6.61 Å². The number of benzene rings is 2. The van der Waals surface area contributed by atoms with E-state index >= 15 is 0 Å². The second kappa shape index (κ2) is 7.04. The van der Waals surface area contributed by atoms with E-state index in [0.717, 1.165) is 4.47 Å². The molecule has 1 N–H and O–H groups in total. The molecule has 0 aromatic heterocycles. The van der Waals surface area contributed by atoms with E-state index in [1.807, 2.05) is 12.1 Å². The number of nitro benzene ring substituents is 1. The molecule has 0 aliphatic rings. The lowest BCUT2D eigenvalue weighted by molar-refractivity contribution is -0.384. The van der Waals surface area contributed by atoms with Crippen molar-refractivity contribution in [2.24, 2.45) is 0 Å². The van der Waals surface area contributed by atoms with Gasteiger partial charge in [-0.1, -0.05) is 15.9 Å². The first kappa shape index (κ1) is 16.0. The first-order valence-electron chi connectivity index (χ1n) is 6.39. The molecule has 0 atom stereocenters. The smallest absolute Gasteiger partial charge is 0.269 e. The van der Waals surface area contributed by atoms with Crippen molar-refractivity contribution in [3.8, 4) is 5.75 Å². The summed E-state index contributed by atoms with van der Waals surface area (Å²) in [6.45, 7) is 1.52. The van der Waals surface area contributed by atoms with Crippen LogP contribution in [-0.4, -0.2) is 17.4 Å². The number of halogens is 1. The molecule has 6 nitrogen and oxygen atoms in total. The van der Waals surface area contributed by atoms with Crippen LogP contribution in [0.5, 0.6) is 5.75 Å². The summed E-state index contributed by atoms with van der Waals surface area (Å²) >= 11 is 3.31. The molecule has 0 radical (unpaired) electrons. The first-order chi connectivity index (χ1) is 10.5. The van der Waals surface area contributed by atoms with Crippen molar-refractivity contribution in [1.82, 2.24) is 0 Å². The zero-order valence-corrected chi connectivity index (χ0v) is 13.3. The van der Waals surface area contributed by atoms with Gasteiger partial charge >= 0.3 is 0 Å². The summed E-state index contributed by atoms with van der Waals surface area (Å²) in [6, 6.07) is 11.4. The Morgan fingerprint density at radius 2 is 1.95 bits per heavy atom. The fourth-order valence-electron chi connectivity index (χ4n) is 1.78. The van der Waals surface area contributed by atoms with E-state index in [1.165, 1.54) is 18.2 Å². The molecule has 0 aliphatic heterocycles. The summed E-state index contributed by atoms with van der Waals surface area (Å²) in [5.74, 6) is 0.136. The van der Waals surface area contributed by atoms with Gasteiger partial charge in [0.25, 0.3) is 11.6 Å². The molecule has 0 saturated carbocycles. The second-order valence-corrected chi connectivity index (χ2v) is 5.47. The molecule has 0 saturated heterocycles. The van der Waals surface area contributed by atoms with E-state index in [-0.39, 0.29) is 18.2 Å². The molecule has 2 rings (SSSR count). The second-order valence-electron chi connectivity index (χ2n) is 4.55. The van der Waals surface area contributed by atoms with E-state index in [4.69, 9.17) is 4.74 Å². The lowest BCUT2D eigenvalue weighted by Gasteiger charge is -2.09. The average molecular weight is 365 g/mol. The molecule has 0 aliphatic carbocycles. The number of carbonyl (C=O) groups is 1. The van der Waals surface area contributed by atoms with E-state index in [1.54, 1.807) is 19.1 Å². The Labute approximate surface area is 135 Å². The Balaban J connectivity index is 1.93. The topological polar surface area (TPSA) is 81.5 Å². The minimum Gasteiger partial charge on any atom is -0.483 e. The Bertz CT molecular complexity index is 701. The van der Waals surface area contributed by atoms with Gasteiger partial charge in [-0.15, -0.1) is 0 Å². The van der Waals surface area contributed by atoms with Gasteiger partial charge in [0, 0.05) is 22.3 Å². The number of ether oxygens (including phenoxy) is 1.